The molecule has 5 nitrogen and oxygen atoms in total. The van der Waals surface area contributed by atoms with Crippen molar-refractivity contribution in [1.29, 1.82) is 0 Å². The first-order valence-electron chi connectivity index (χ1n) is 6.56. The van der Waals surface area contributed by atoms with Crippen molar-refractivity contribution in [2.24, 2.45) is 7.05 Å². The second-order valence-corrected chi connectivity index (χ2v) is 5.84. The summed E-state index contributed by atoms with van der Waals surface area (Å²) < 4.78 is 7.61. The first-order chi connectivity index (χ1) is 8.89. The van der Waals surface area contributed by atoms with Crippen LogP contribution in [0.2, 0.25) is 0 Å². The van der Waals surface area contributed by atoms with Crippen molar-refractivity contribution in [3.8, 4) is 0 Å². The van der Waals surface area contributed by atoms with Gasteiger partial charge >= 0.3 is 0 Å². The number of Topliss-reactive ketones (excluding diaryl/α,β-unsaturated/α-hetero) is 1. The lowest BCUT2D eigenvalue weighted by molar-refractivity contribution is -0.146. The summed E-state index contributed by atoms with van der Waals surface area (Å²) in [6.45, 7) is 5.61. The lowest BCUT2D eigenvalue weighted by Gasteiger charge is -2.42. The smallest absolute Gasteiger partial charge is 0.178 e. The van der Waals surface area contributed by atoms with E-state index in [1.807, 2.05) is 43.9 Å². The predicted molar refractivity (Wildman–Crippen MR) is 72.2 cm³/mol. The van der Waals surface area contributed by atoms with Crippen LogP contribution in [0.15, 0.2) is 18.5 Å². The normalized spacial score (nSPS) is 23.5. The van der Waals surface area contributed by atoms with Crippen LogP contribution in [0.3, 0.4) is 0 Å². The van der Waals surface area contributed by atoms with Gasteiger partial charge in [0.05, 0.1) is 24.9 Å². The third-order valence-electron chi connectivity index (χ3n) is 3.28. The predicted octanol–water partition coefficient (Wildman–Crippen LogP) is 0.679. The van der Waals surface area contributed by atoms with Gasteiger partial charge in [0.1, 0.15) is 0 Å². The molecular formula is C14H22N2O3. The molecular weight excluding hydrogens is 244 g/mol. The molecule has 1 N–H and O–H groups in total. The molecule has 0 radical (unpaired) electrons. The highest BCUT2D eigenvalue weighted by molar-refractivity contribution is 5.97. The van der Waals surface area contributed by atoms with Crippen LogP contribution in [0.4, 0.5) is 0 Å². The molecule has 0 aliphatic carbocycles. The van der Waals surface area contributed by atoms with Gasteiger partial charge in [-0.3, -0.25) is 9.69 Å². The van der Waals surface area contributed by atoms with E-state index in [0.29, 0.717) is 19.6 Å². The molecule has 19 heavy (non-hydrogen) atoms. The standard InChI is InChI=1S/C14H22N2O3/c1-14(2)10-16(7-12(9-17)19-14)8-13(18)11-4-5-15(3)6-11/h4-6,12,17H,7-10H2,1-3H3. The lowest BCUT2D eigenvalue weighted by Crippen LogP contribution is -2.54. The Bertz CT molecular complexity index is 453. The van der Waals surface area contributed by atoms with E-state index in [9.17, 15) is 9.90 Å². The number of morpholine rings is 1. The Labute approximate surface area is 113 Å². The van der Waals surface area contributed by atoms with Crippen LogP contribution >= 0.6 is 0 Å². The Morgan fingerprint density at radius 3 is 2.89 bits per heavy atom. The lowest BCUT2D eigenvalue weighted by atomic mass is 10.0. The number of carbonyl (C=O) groups excluding carboxylic acids is 1. The summed E-state index contributed by atoms with van der Waals surface area (Å²) in [7, 11) is 1.90. The molecule has 1 aliphatic rings. The highest BCUT2D eigenvalue weighted by atomic mass is 16.5. The minimum atomic E-state index is -0.331. The van der Waals surface area contributed by atoms with Gasteiger partial charge in [-0.2, -0.15) is 0 Å². The van der Waals surface area contributed by atoms with Gasteiger partial charge in [0.15, 0.2) is 5.78 Å². The van der Waals surface area contributed by atoms with Crippen molar-refractivity contribution in [3.05, 3.63) is 24.0 Å². The molecule has 0 amide bonds. The topological polar surface area (TPSA) is 54.7 Å². The van der Waals surface area contributed by atoms with E-state index in [1.54, 1.807) is 0 Å². The molecule has 1 atom stereocenters. The summed E-state index contributed by atoms with van der Waals surface area (Å²) in [6, 6.07) is 1.83. The zero-order valence-electron chi connectivity index (χ0n) is 11.8. The van der Waals surface area contributed by atoms with Crippen molar-refractivity contribution in [2.45, 2.75) is 25.6 Å². The first kappa shape index (κ1) is 14.2. The van der Waals surface area contributed by atoms with Crippen molar-refractivity contribution in [1.82, 2.24) is 9.47 Å². The third kappa shape index (κ3) is 3.65. The fourth-order valence-electron chi connectivity index (χ4n) is 2.59. The van der Waals surface area contributed by atoms with Crippen LogP contribution < -0.4 is 0 Å². The maximum Gasteiger partial charge on any atom is 0.178 e. The second-order valence-electron chi connectivity index (χ2n) is 5.84. The molecule has 1 aromatic heterocycles. The van der Waals surface area contributed by atoms with E-state index >= 15 is 0 Å². The summed E-state index contributed by atoms with van der Waals surface area (Å²) in [5.41, 5.74) is 0.398. The molecule has 0 saturated carbocycles. The number of hydrogen-bond acceptors (Lipinski definition) is 4. The number of ketones is 1. The van der Waals surface area contributed by atoms with Crippen molar-refractivity contribution < 1.29 is 14.6 Å². The Kier molecular flexibility index (Phi) is 4.08. The molecule has 106 valence electrons. The van der Waals surface area contributed by atoms with E-state index in [4.69, 9.17) is 4.74 Å². The van der Waals surface area contributed by atoms with Crippen molar-refractivity contribution in [2.75, 3.05) is 26.2 Å². The molecule has 0 aromatic carbocycles. The second kappa shape index (κ2) is 5.45. The molecule has 1 unspecified atom stereocenters. The summed E-state index contributed by atoms with van der Waals surface area (Å²) in [6.07, 6.45) is 3.48. The van der Waals surface area contributed by atoms with Gasteiger partial charge in [0.2, 0.25) is 0 Å². The van der Waals surface area contributed by atoms with Crippen LogP contribution in [-0.4, -0.2) is 58.3 Å². The van der Waals surface area contributed by atoms with Crippen LogP contribution in [0.25, 0.3) is 0 Å². The zero-order valence-corrected chi connectivity index (χ0v) is 11.8. The van der Waals surface area contributed by atoms with E-state index in [-0.39, 0.29) is 24.1 Å². The maximum atomic E-state index is 12.2. The van der Waals surface area contributed by atoms with E-state index in [0.717, 1.165) is 5.56 Å². The number of ether oxygens (including phenoxy) is 1. The molecule has 2 heterocycles. The molecule has 1 aliphatic heterocycles. The van der Waals surface area contributed by atoms with Gasteiger partial charge in [0, 0.05) is 38.1 Å². The SMILES string of the molecule is Cn1ccc(C(=O)CN2CC(CO)OC(C)(C)C2)c1. The van der Waals surface area contributed by atoms with Gasteiger partial charge in [-0.25, -0.2) is 0 Å². The number of aryl methyl sites for hydroxylation is 1. The number of rotatable bonds is 4. The number of hydrogen-bond donors (Lipinski definition) is 1. The van der Waals surface area contributed by atoms with E-state index in [2.05, 4.69) is 4.90 Å². The number of nitrogens with zero attached hydrogens (tertiary/aromatic N) is 2. The average Bonchev–Trinajstić information content (AvgIpc) is 2.73. The Balaban J connectivity index is 2.00. The minimum Gasteiger partial charge on any atom is -0.394 e. The Hall–Kier alpha value is -1.17. The van der Waals surface area contributed by atoms with Gasteiger partial charge in [0.25, 0.3) is 0 Å². The summed E-state index contributed by atoms with van der Waals surface area (Å²) in [4.78, 5) is 14.2. The molecule has 1 fully saturated rings. The summed E-state index contributed by atoms with van der Waals surface area (Å²) >= 11 is 0. The molecule has 1 saturated heterocycles. The van der Waals surface area contributed by atoms with Crippen molar-refractivity contribution >= 4 is 5.78 Å². The van der Waals surface area contributed by atoms with Crippen LogP contribution in [0.1, 0.15) is 24.2 Å². The molecule has 0 bridgehead atoms. The summed E-state index contributed by atoms with van der Waals surface area (Å²) in [5.74, 6) is 0.106. The van der Waals surface area contributed by atoms with E-state index < -0.39 is 0 Å². The Morgan fingerprint density at radius 1 is 1.58 bits per heavy atom. The van der Waals surface area contributed by atoms with Crippen LogP contribution in [-0.2, 0) is 11.8 Å². The van der Waals surface area contributed by atoms with Gasteiger partial charge in [-0.15, -0.1) is 0 Å². The molecule has 1 aromatic rings. The quantitative estimate of drug-likeness (QED) is 0.814. The van der Waals surface area contributed by atoms with Crippen LogP contribution in [0, 0.1) is 0 Å². The largest absolute Gasteiger partial charge is 0.394 e. The van der Waals surface area contributed by atoms with Gasteiger partial charge in [-0.1, -0.05) is 0 Å². The fourth-order valence-corrected chi connectivity index (χ4v) is 2.59. The zero-order chi connectivity index (χ0) is 14.0. The molecule has 5 heteroatoms. The highest BCUT2D eigenvalue weighted by Crippen LogP contribution is 2.21. The van der Waals surface area contributed by atoms with Gasteiger partial charge < -0.3 is 14.4 Å². The van der Waals surface area contributed by atoms with Crippen molar-refractivity contribution in [3.63, 3.8) is 0 Å². The number of aromatic nitrogens is 1. The number of aliphatic hydroxyl groups excluding tert-OH is 1. The van der Waals surface area contributed by atoms with Gasteiger partial charge in [-0.05, 0) is 19.9 Å². The third-order valence-corrected chi connectivity index (χ3v) is 3.28. The average molecular weight is 266 g/mol. The maximum absolute atomic E-state index is 12.2. The van der Waals surface area contributed by atoms with Crippen LogP contribution in [0.5, 0.6) is 0 Å². The minimum absolute atomic E-state index is 0.0144. The first-order valence-corrected chi connectivity index (χ1v) is 6.56. The Morgan fingerprint density at radius 2 is 2.32 bits per heavy atom. The number of aliphatic hydroxyl groups is 1. The van der Waals surface area contributed by atoms with E-state index in [1.165, 1.54) is 0 Å². The monoisotopic (exact) mass is 266 g/mol. The summed E-state index contributed by atoms with van der Waals surface area (Å²) in [5, 5.41) is 9.26. The molecule has 2 rings (SSSR count). The molecule has 0 spiro atoms. The highest BCUT2D eigenvalue weighted by Gasteiger charge is 2.33. The fraction of sp³-hybridized carbons (Fsp3) is 0.643. The number of carbonyl (C=O) groups is 1.